The molecular weight excluding hydrogens is 208 g/mol. The first kappa shape index (κ1) is 9.83. The first-order valence-electron chi connectivity index (χ1n) is 6.18. The molecule has 0 aromatic heterocycles. The third-order valence-electron chi connectivity index (χ3n) is 5.12. The summed E-state index contributed by atoms with van der Waals surface area (Å²) in [6.07, 6.45) is 1.62. The second kappa shape index (κ2) is 2.64. The van der Waals surface area contributed by atoms with Crippen LogP contribution >= 0.6 is 0 Å². The smallest absolute Gasteiger partial charge is 0.187 e. The van der Waals surface area contributed by atoms with Crippen LogP contribution < -0.4 is 0 Å². The maximum atomic E-state index is 10.4. The number of hydrogen-bond donors (Lipinski definition) is 1. The number of rotatable bonds is 0. The molecule has 0 aromatic rings. The van der Waals surface area contributed by atoms with Crippen molar-refractivity contribution in [2.24, 2.45) is 11.8 Å². The maximum absolute atomic E-state index is 10.4. The van der Waals surface area contributed by atoms with Crippen LogP contribution in [0.1, 0.15) is 26.7 Å². The molecule has 7 atom stereocenters. The topological polar surface area (TPSA) is 47.9 Å². The summed E-state index contributed by atoms with van der Waals surface area (Å²) in [5.74, 6) is 0.876. The summed E-state index contributed by atoms with van der Waals surface area (Å²) in [6.45, 7) is 4.64. The molecule has 0 spiro atoms. The lowest BCUT2D eigenvalue weighted by atomic mass is 9.65. The molecule has 3 saturated heterocycles. The minimum atomic E-state index is -0.702. The summed E-state index contributed by atoms with van der Waals surface area (Å²) in [7, 11) is 0. The largest absolute Gasteiger partial charge is 0.387 e. The van der Waals surface area contributed by atoms with E-state index in [1.165, 1.54) is 0 Å². The van der Waals surface area contributed by atoms with Gasteiger partial charge in [0.25, 0.3) is 0 Å². The predicted molar refractivity (Wildman–Crippen MR) is 54.7 cm³/mol. The number of hydrogen-bond acceptors (Lipinski definition) is 4. The average Bonchev–Trinajstić information content (AvgIpc) is 2.76. The van der Waals surface area contributed by atoms with Crippen molar-refractivity contribution in [2.75, 3.05) is 6.61 Å². The van der Waals surface area contributed by atoms with E-state index in [4.69, 9.17) is 14.2 Å². The third-order valence-corrected chi connectivity index (χ3v) is 5.12. The van der Waals surface area contributed by atoms with E-state index in [-0.39, 0.29) is 24.1 Å². The van der Waals surface area contributed by atoms with Crippen molar-refractivity contribution in [3.05, 3.63) is 0 Å². The molecule has 3 aliphatic heterocycles. The van der Waals surface area contributed by atoms with Crippen LogP contribution in [-0.4, -0.2) is 41.4 Å². The van der Waals surface area contributed by atoms with Crippen molar-refractivity contribution >= 4 is 0 Å². The van der Waals surface area contributed by atoms with Crippen LogP contribution in [0, 0.1) is 11.8 Å². The Morgan fingerprint density at radius 3 is 2.94 bits per heavy atom. The van der Waals surface area contributed by atoms with E-state index in [0.29, 0.717) is 18.4 Å². The lowest BCUT2D eigenvalue weighted by Gasteiger charge is -2.45. The van der Waals surface area contributed by atoms with Gasteiger partial charge in [-0.2, -0.15) is 0 Å². The normalized spacial score (nSPS) is 67.3. The summed E-state index contributed by atoms with van der Waals surface area (Å²) in [5, 5.41) is 10.4. The van der Waals surface area contributed by atoms with Gasteiger partial charge in [-0.1, -0.05) is 0 Å². The van der Waals surface area contributed by atoms with Crippen LogP contribution in [0.2, 0.25) is 0 Å². The summed E-state index contributed by atoms with van der Waals surface area (Å²) in [6, 6.07) is 0. The summed E-state index contributed by atoms with van der Waals surface area (Å²) in [4.78, 5) is 0. The molecule has 1 saturated carbocycles. The molecule has 0 unspecified atom stereocenters. The van der Waals surface area contributed by atoms with Gasteiger partial charge in [0.15, 0.2) is 6.29 Å². The second-order valence-corrected chi connectivity index (χ2v) is 6.20. The Labute approximate surface area is 94.9 Å². The minimum Gasteiger partial charge on any atom is -0.387 e. The quantitative estimate of drug-likeness (QED) is 0.659. The van der Waals surface area contributed by atoms with E-state index in [1.54, 1.807) is 0 Å². The zero-order valence-corrected chi connectivity index (χ0v) is 9.68. The van der Waals surface area contributed by atoms with Gasteiger partial charge in [0.1, 0.15) is 5.60 Å². The Morgan fingerprint density at radius 1 is 1.31 bits per heavy atom. The van der Waals surface area contributed by atoms with Gasteiger partial charge in [-0.3, -0.25) is 0 Å². The van der Waals surface area contributed by atoms with Crippen LogP contribution in [-0.2, 0) is 14.2 Å². The van der Waals surface area contributed by atoms with Gasteiger partial charge in [-0.05, 0) is 32.6 Å². The molecule has 4 aliphatic rings. The first-order chi connectivity index (χ1) is 7.51. The standard InChI is InChI=1S/C12H18O4/c1-11(13)4-6-7-3-9(11)16-12(7,2)10-14-5-8(6)15-10/h6-10,13H,3-5H2,1-2H3/t6-,7+,8+,9-,10+,11-,12+/m0/s1. The van der Waals surface area contributed by atoms with Crippen molar-refractivity contribution in [1.29, 1.82) is 0 Å². The Bertz CT molecular complexity index is 342. The van der Waals surface area contributed by atoms with Crippen LogP contribution in [0.3, 0.4) is 0 Å². The summed E-state index contributed by atoms with van der Waals surface area (Å²) in [5.41, 5.74) is -1.05. The Morgan fingerprint density at radius 2 is 2.12 bits per heavy atom. The second-order valence-electron chi connectivity index (χ2n) is 6.20. The number of aliphatic hydroxyl groups is 1. The molecule has 4 heteroatoms. The van der Waals surface area contributed by atoms with E-state index in [9.17, 15) is 5.11 Å². The lowest BCUT2D eigenvalue weighted by molar-refractivity contribution is -0.237. The highest BCUT2D eigenvalue weighted by Crippen LogP contribution is 2.58. The SMILES string of the molecule is C[C@@]12O[C@H]3C[C@@H]1[C@H](C[C@]3(C)O)[C@H]1CO[C@@H]2O1. The molecule has 90 valence electrons. The van der Waals surface area contributed by atoms with Crippen molar-refractivity contribution in [3.8, 4) is 0 Å². The molecule has 4 rings (SSSR count). The molecule has 0 radical (unpaired) electrons. The molecule has 16 heavy (non-hydrogen) atoms. The minimum absolute atomic E-state index is 0.0506. The Balaban J connectivity index is 1.82. The van der Waals surface area contributed by atoms with Gasteiger partial charge in [0.2, 0.25) is 0 Å². The fourth-order valence-corrected chi connectivity index (χ4v) is 4.20. The van der Waals surface area contributed by atoms with Crippen LogP contribution in [0.25, 0.3) is 0 Å². The fourth-order valence-electron chi connectivity index (χ4n) is 4.20. The highest BCUT2D eigenvalue weighted by atomic mass is 16.7. The number of ether oxygens (including phenoxy) is 3. The Hall–Kier alpha value is -0.160. The molecule has 3 heterocycles. The van der Waals surface area contributed by atoms with Crippen molar-refractivity contribution < 1.29 is 19.3 Å². The van der Waals surface area contributed by atoms with E-state index >= 15 is 0 Å². The summed E-state index contributed by atoms with van der Waals surface area (Å²) < 4.78 is 17.7. The van der Waals surface area contributed by atoms with Crippen LogP contribution in [0.4, 0.5) is 0 Å². The number of fused-ring (bicyclic) bond motifs is 5. The predicted octanol–water partition coefficient (Wildman–Crippen LogP) is 0.676. The molecule has 1 aliphatic carbocycles. The molecular formula is C12H18O4. The first-order valence-corrected chi connectivity index (χ1v) is 6.18. The highest BCUT2D eigenvalue weighted by molar-refractivity contribution is 5.13. The monoisotopic (exact) mass is 226 g/mol. The molecule has 0 aromatic carbocycles. The fraction of sp³-hybridized carbons (Fsp3) is 1.00. The van der Waals surface area contributed by atoms with Gasteiger partial charge in [0, 0.05) is 5.92 Å². The van der Waals surface area contributed by atoms with Crippen LogP contribution in [0.5, 0.6) is 0 Å². The molecule has 0 amide bonds. The van der Waals surface area contributed by atoms with E-state index in [2.05, 4.69) is 6.92 Å². The van der Waals surface area contributed by atoms with E-state index in [0.717, 1.165) is 12.8 Å². The van der Waals surface area contributed by atoms with Gasteiger partial charge in [0.05, 0.1) is 24.4 Å². The maximum Gasteiger partial charge on any atom is 0.187 e. The van der Waals surface area contributed by atoms with Gasteiger partial charge in [-0.15, -0.1) is 0 Å². The van der Waals surface area contributed by atoms with E-state index < -0.39 is 5.60 Å². The van der Waals surface area contributed by atoms with Gasteiger partial charge < -0.3 is 19.3 Å². The van der Waals surface area contributed by atoms with Crippen molar-refractivity contribution in [2.45, 2.75) is 56.4 Å². The molecule has 4 bridgehead atoms. The molecule has 4 fully saturated rings. The lowest BCUT2D eigenvalue weighted by Crippen LogP contribution is -2.54. The summed E-state index contributed by atoms with van der Waals surface area (Å²) >= 11 is 0. The van der Waals surface area contributed by atoms with Crippen molar-refractivity contribution in [1.82, 2.24) is 0 Å². The Kier molecular flexibility index (Phi) is 1.62. The highest BCUT2D eigenvalue weighted by Gasteiger charge is 2.68. The average molecular weight is 226 g/mol. The zero-order chi connectivity index (χ0) is 11.1. The molecule has 4 nitrogen and oxygen atoms in total. The van der Waals surface area contributed by atoms with Gasteiger partial charge in [-0.25, -0.2) is 0 Å². The zero-order valence-electron chi connectivity index (χ0n) is 9.68. The molecule has 1 N–H and O–H groups in total. The van der Waals surface area contributed by atoms with Crippen LogP contribution in [0.15, 0.2) is 0 Å². The van der Waals surface area contributed by atoms with Crippen molar-refractivity contribution in [3.63, 3.8) is 0 Å². The third kappa shape index (κ3) is 0.957. The van der Waals surface area contributed by atoms with Gasteiger partial charge >= 0.3 is 0 Å². The van der Waals surface area contributed by atoms with E-state index in [1.807, 2.05) is 6.92 Å².